The van der Waals surface area contributed by atoms with Gasteiger partial charge in [0, 0.05) is 45.9 Å². The molecule has 0 aliphatic rings. The SMILES string of the molecule is Cc1ccc(S(=O)NCc2cc3cc(-c4cc(Cl)c5[nH]ncc5c4)c(-c4ccccc4)nc3[nH]c2=O)cn1. The van der Waals surface area contributed by atoms with Gasteiger partial charge in [-0.15, -0.1) is 0 Å². The summed E-state index contributed by atoms with van der Waals surface area (Å²) >= 11 is 6.57. The minimum atomic E-state index is -1.51. The number of nitrogens with zero attached hydrogens (tertiary/aromatic N) is 3. The first-order valence-corrected chi connectivity index (χ1v) is 13.3. The Bertz CT molecular complexity index is 1880. The number of aryl methyl sites for hydroxylation is 1. The second kappa shape index (κ2) is 9.94. The van der Waals surface area contributed by atoms with Crippen LogP contribution in [0.1, 0.15) is 11.3 Å². The molecule has 2 aromatic carbocycles. The quantitative estimate of drug-likeness (QED) is 0.265. The van der Waals surface area contributed by atoms with Crippen LogP contribution >= 0.6 is 11.6 Å². The number of fused-ring (bicyclic) bond motifs is 2. The first-order valence-electron chi connectivity index (χ1n) is 11.8. The van der Waals surface area contributed by atoms with Gasteiger partial charge in [0.2, 0.25) is 0 Å². The van der Waals surface area contributed by atoms with Crippen molar-refractivity contribution in [2.45, 2.75) is 18.4 Å². The maximum Gasteiger partial charge on any atom is 0.254 e. The minimum absolute atomic E-state index is 0.105. The van der Waals surface area contributed by atoms with E-state index in [2.05, 4.69) is 24.9 Å². The van der Waals surface area contributed by atoms with E-state index in [4.69, 9.17) is 16.6 Å². The molecule has 38 heavy (non-hydrogen) atoms. The number of aromatic nitrogens is 5. The molecule has 4 heterocycles. The zero-order valence-electron chi connectivity index (χ0n) is 20.2. The normalized spacial score (nSPS) is 12.3. The van der Waals surface area contributed by atoms with E-state index in [0.717, 1.165) is 38.7 Å². The van der Waals surface area contributed by atoms with Crippen LogP contribution in [0.2, 0.25) is 5.02 Å². The van der Waals surface area contributed by atoms with Crippen LogP contribution in [-0.2, 0) is 17.5 Å². The minimum Gasteiger partial charge on any atom is -0.306 e. The molecule has 6 aromatic rings. The van der Waals surface area contributed by atoms with Crippen molar-refractivity contribution in [2.24, 2.45) is 0 Å². The summed E-state index contributed by atoms with van der Waals surface area (Å²) in [6.07, 6.45) is 3.29. The van der Waals surface area contributed by atoms with Crippen molar-refractivity contribution in [3.8, 4) is 22.4 Å². The molecule has 0 fully saturated rings. The van der Waals surface area contributed by atoms with E-state index in [0.29, 0.717) is 26.8 Å². The summed E-state index contributed by atoms with van der Waals surface area (Å²) < 4.78 is 15.6. The monoisotopic (exact) mass is 540 g/mol. The molecule has 10 heteroatoms. The highest BCUT2D eigenvalue weighted by Gasteiger charge is 2.16. The van der Waals surface area contributed by atoms with E-state index in [1.807, 2.05) is 55.5 Å². The van der Waals surface area contributed by atoms with Gasteiger partial charge in [-0.2, -0.15) is 5.10 Å². The predicted octanol–water partition coefficient (Wildman–Crippen LogP) is 5.30. The second-order valence-electron chi connectivity index (χ2n) is 8.83. The van der Waals surface area contributed by atoms with Crippen LogP contribution in [0.25, 0.3) is 44.3 Å². The van der Waals surface area contributed by atoms with Crippen molar-refractivity contribution in [3.63, 3.8) is 0 Å². The van der Waals surface area contributed by atoms with Gasteiger partial charge in [0.05, 0.1) is 27.3 Å². The summed E-state index contributed by atoms with van der Waals surface area (Å²) in [5.74, 6) is 0. The summed E-state index contributed by atoms with van der Waals surface area (Å²) in [7, 11) is -1.51. The number of H-pyrrole nitrogens is 2. The Morgan fingerprint density at radius 3 is 2.61 bits per heavy atom. The van der Waals surface area contributed by atoms with Crippen LogP contribution in [0.5, 0.6) is 0 Å². The molecular formula is C28H21ClN6O2S. The van der Waals surface area contributed by atoms with Crippen molar-refractivity contribution in [1.29, 1.82) is 0 Å². The van der Waals surface area contributed by atoms with Crippen molar-refractivity contribution in [3.05, 3.63) is 106 Å². The topological polar surface area (TPSA) is 116 Å². The van der Waals surface area contributed by atoms with Crippen molar-refractivity contribution in [2.75, 3.05) is 0 Å². The fourth-order valence-corrected chi connectivity index (χ4v) is 5.37. The van der Waals surface area contributed by atoms with Gasteiger partial charge in [-0.25, -0.2) is 13.9 Å². The summed E-state index contributed by atoms with van der Waals surface area (Å²) in [6, 6.07) is 21.0. The number of halogens is 1. The average molecular weight is 541 g/mol. The lowest BCUT2D eigenvalue weighted by atomic mass is 9.97. The van der Waals surface area contributed by atoms with E-state index in [-0.39, 0.29) is 12.1 Å². The fourth-order valence-electron chi connectivity index (χ4n) is 4.31. The molecule has 0 bridgehead atoms. The lowest BCUT2D eigenvalue weighted by Gasteiger charge is -2.13. The van der Waals surface area contributed by atoms with Crippen LogP contribution in [0.3, 0.4) is 0 Å². The van der Waals surface area contributed by atoms with E-state index in [1.54, 1.807) is 30.6 Å². The molecule has 3 N–H and O–H groups in total. The number of nitrogens with one attached hydrogen (secondary N) is 3. The smallest absolute Gasteiger partial charge is 0.254 e. The van der Waals surface area contributed by atoms with E-state index >= 15 is 0 Å². The standard InChI is InChI=1S/C28H21ClN6O2S/c1-16-7-8-22(15-30-16)38(37)32-14-21-10-19-11-23(18-9-20-13-31-35-26(20)24(29)12-18)25(17-5-3-2-4-6-17)33-27(19)34-28(21)36/h2-13,15,32H,14H2,1H3,(H,31,35)(H,33,34,36). The molecule has 0 saturated carbocycles. The van der Waals surface area contributed by atoms with Crippen LogP contribution in [0.15, 0.2) is 88.8 Å². The molecule has 188 valence electrons. The summed E-state index contributed by atoms with van der Waals surface area (Å²) in [6.45, 7) is 1.97. The maximum atomic E-state index is 12.9. The van der Waals surface area contributed by atoms with Gasteiger partial charge in [0.15, 0.2) is 0 Å². The Hall–Kier alpha value is -4.18. The van der Waals surface area contributed by atoms with Crippen LogP contribution in [-0.4, -0.2) is 29.4 Å². The molecule has 1 unspecified atom stereocenters. The van der Waals surface area contributed by atoms with Gasteiger partial charge < -0.3 is 4.98 Å². The van der Waals surface area contributed by atoms with Gasteiger partial charge in [0.1, 0.15) is 16.6 Å². The van der Waals surface area contributed by atoms with E-state index in [9.17, 15) is 9.00 Å². The Kier molecular flexibility index (Phi) is 6.32. The second-order valence-corrected chi connectivity index (χ2v) is 10.5. The molecule has 8 nitrogen and oxygen atoms in total. The molecule has 1 atom stereocenters. The molecule has 0 spiro atoms. The van der Waals surface area contributed by atoms with E-state index in [1.165, 1.54) is 0 Å². The summed E-state index contributed by atoms with van der Waals surface area (Å²) in [5, 5.41) is 9.20. The largest absolute Gasteiger partial charge is 0.306 e. The molecule has 0 aliphatic heterocycles. The molecule has 4 aromatic heterocycles. The van der Waals surface area contributed by atoms with Gasteiger partial charge in [-0.05, 0) is 48.9 Å². The Balaban J connectivity index is 1.44. The van der Waals surface area contributed by atoms with Gasteiger partial charge in [0.25, 0.3) is 5.56 Å². The average Bonchev–Trinajstić information content (AvgIpc) is 3.41. The number of benzene rings is 2. The van der Waals surface area contributed by atoms with Crippen molar-refractivity contribution in [1.82, 2.24) is 29.9 Å². The van der Waals surface area contributed by atoms with Crippen LogP contribution < -0.4 is 10.3 Å². The number of aromatic amines is 2. The maximum absolute atomic E-state index is 12.9. The van der Waals surface area contributed by atoms with Crippen molar-refractivity contribution < 1.29 is 4.21 Å². The lowest BCUT2D eigenvalue weighted by Crippen LogP contribution is -2.23. The number of pyridine rings is 3. The van der Waals surface area contributed by atoms with Gasteiger partial charge >= 0.3 is 0 Å². The zero-order valence-corrected chi connectivity index (χ0v) is 21.7. The summed E-state index contributed by atoms with van der Waals surface area (Å²) in [4.78, 5) is 25.4. The molecule has 0 amide bonds. The zero-order chi connectivity index (χ0) is 26.2. The van der Waals surface area contributed by atoms with Crippen LogP contribution in [0, 0.1) is 6.92 Å². The van der Waals surface area contributed by atoms with Crippen molar-refractivity contribution >= 4 is 44.5 Å². The molecule has 0 saturated heterocycles. The highest BCUT2D eigenvalue weighted by molar-refractivity contribution is 7.83. The Morgan fingerprint density at radius 1 is 0.974 bits per heavy atom. The molecule has 0 radical (unpaired) electrons. The molecular weight excluding hydrogens is 520 g/mol. The summed E-state index contributed by atoms with van der Waals surface area (Å²) in [5.41, 5.74) is 5.54. The highest BCUT2D eigenvalue weighted by atomic mass is 35.5. The Labute approximate surface area is 224 Å². The lowest BCUT2D eigenvalue weighted by molar-refractivity contribution is 0.671. The predicted molar refractivity (Wildman–Crippen MR) is 150 cm³/mol. The highest BCUT2D eigenvalue weighted by Crippen LogP contribution is 2.36. The van der Waals surface area contributed by atoms with Crippen LogP contribution in [0.4, 0.5) is 0 Å². The third-order valence-electron chi connectivity index (χ3n) is 6.26. The Morgan fingerprint density at radius 2 is 1.82 bits per heavy atom. The molecule has 6 rings (SSSR count). The van der Waals surface area contributed by atoms with Gasteiger partial charge in [-0.1, -0.05) is 41.9 Å². The van der Waals surface area contributed by atoms with E-state index < -0.39 is 11.0 Å². The third-order valence-corrected chi connectivity index (χ3v) is 7.63. The number of hydrogen-bond donors (Lipinski definition) is 3. The van der Waals surface area contributed by atoms with Gasteiger partial charge in [-0.3, -0.25) is 14.9 Å². The number of rotatable bonds is 6. The first kappa shape index (κ1) is 24.2. The first-order chi connectivity index (χ1) is 18.5. The number of hydrogen-bond acceptors (Lipinski definition) is 5. The third kappa shape index (κ3) is 4.63. The molecule has 0 aliphatic carbocycles. The fraction of sp³-hybridized carbons (Fsp3) is 0.0714.